The van der Waals surface area contributed by atoms with Crippen molar-refractivity contribution in [1.82, 2.24) is 9.78 Å². The fraction of sp³-hybridized carbons (Fsp3) is 0.429. The quantitative estimate of drug-likeness (QED) is 0.785. The summed E-state index contributed by atoms with van der Waals surface area (Å²) >= 11 is 0. The van der Waals surface area contributed by atoms with Gasteiger partial charge in [0, 0.05) is 7.05 Å². The summed E-state index contributed by atoms with van der Waals surface area (Å²) in [6.45, 7) is 0. The fourth-order valence-electron chi connectivity index (χ4n) is 1.16. The molecule has 0 aliphatic heterocycles. The molecule has 5 nitrogen and oxygen atoms in total. The molecule has 0 saturated carbocycles. The van der Waals surface area contributed by atoms with Gasteiger partial charge in [-0.25, -0.2) is 4.79 Å². The van der Waals surface area contributed by atoms with Crippen LogP contribution in [0.25, 0.3) is 0 Å². The van der Waals surface area contributed by atoms with Crippen molar-refractivity contribution in [3.8, 4) is 0 Å². The zero-order valence-electron chi connectivity index (χ0n) is 8.22. The maximum Gasteiger partial charge on any atom is 0.459 e. The molecule has 96 valence electrons. The maximum absolute atomic E-state index is 12.9. The summed E-state index contributed by atoms with van der Waals surface area (Å²) < 4.78 is 62.3. The van der Waals surface area contributed by atoms with Crippen molar-refractivity contribution < 1.29 is 31.9 Å². The number of hydrogen-bond donors (Lipinski definition) is 2. The minimum absolute atomic E-state index is 0.354. The van der Waals surface area contributed by atoms with Crippen LogP contribution in [0.3, 0.4) is 0 Å². The highest BCUT2D eigenvalue weighted by atomic mass is 19.4. The van der Waals surface area contributed by atoms with Gasteiger partial charge in [0.2, 0.25) is 0 Å². The molecule has 17 heavy (non-hydrogen) atoms. The summed E-state index contributed by atoms with van der Waals surface area (Å²) in [6.07, 6.45) is -5.90. The van der Waals surface area contributed by atoms with Crippen LogP contribution in [0.2, 0.25) is 0 Å². The Hall–Kier alpha value is -1.87. The average Bonchev–Trinajstić information content (AvgIpc) is 2.39. The van der Waals surface area contributed by atoms with E-state index < -0.39 is 35.1 Å². The molecule has 0 aromatic carbocycles. The lowest BCUT2D eigenvalue weighted by atomic mass is 10.2. The van der Waals surface area contributed by atoms with Gasteiger partial charge >= 0.3 is 18.1 Å². The molecule has 0 aliphatic carbocycles. The molecule has 10 heteroatoms. The summed E-state index contributed by atoms with van der Waals surface area (Å²) in [5.74, 6) is -7.05. The summed E-state index contributed by atoms with van der Waals surface area (Å²) in [6, 6.07) is 0. The van der Waals surface area contributed by atoms with Gasteiger partial charge in [0.05, 0.1) is 5.69 Å². The fourth-order valence-corrected chi connectivity index (χ4v) is 1.16. The first-order valence-corrected chi connectivity index (χ1v) is 4.01. The SMILES string of the molecule is Cn1nc(C(F)(F)C(F)(F)F)c(N)c1C(=O)O. The molecular weight excluding hydrogens is 253 g/mol. The Morgan fingerprint density at radius 3 is 2.12 bits per heavy atom. The Morgan fingerprint density at radius 1 is 1.35 bits per heavy atom. The number of anilines is 1. The number of halogens is 5. The Labute approximate surface area is 90.6 Å². The second-order valence-electron chi connectivity index (χ2n) is 3.11. The zero-order chi connectivity index (χ0) is 13.6. The number of carbonyl (C=O) groups is 1. The molecule has 1 rings (SSSR count). The van der Waals surface area contributed by atoms with E-state index in [2.05, 4.69) is 5.10 Å². The highest BCUT2D eigenvalue weighted by Crippen LogP contribution is 2.45. The van der Waals surface area contributed by atoms with Crippen LogP contribution in [0.5, 0.6) is 0 Å². The Balaban J connectivity index is 3.45. The van der Waals surface area contributed by atoms with Gasteiger partial charge in [-0.2, -0.15) is 27.1 Å². The normalized spacial score (nSPS) is 12.8. The molecule has 0 unspecified atom stereocenters. The van der Waals surface area contributed by atoms with E-state index in [4.69, 9.17) is 10.8 Å². The third kappa shape index (κ3) is 1.89. The van der Waals surface area contributed by atoms with Crippen molar-refractivity contribution in [1.29, 1.82) is 0 Å². The lowest BCUT2D eigenvalue weighted by molar-refractivity contribution is -0.290. The topological polar surface area (TPSA) is 81.1 Å². The number of nitrogens with two attached hydrogens (primary N) is 1. The first-order chi connectivity index (χ1) is 7.50. The molecule has 1 aromatic heterocycles. The van der Waals surface area contributed by atoms with Crippen LogP contribution >= 0.6 is 0 Å². The van der Waals surface area contributed by atoms with E-state index in [1.165, 1.54) is 0 Å². The number of rotatable bonds is 2. The molecule has 0 radical (unpaired) electrons. The molecule has 0 aliphatic rings. The second kappa shape index (κ2) is 3.57. The van der Waals surface area contributed by atoms with Gasteiger partial charge in [-0.15, -0.1) is 0 Å². The number of carboxylic acids is 1. The molecular formula is C7H6F5N3O2. The largest absolute Gasteiger partial charge is 0.476 e. The minimum Gasteiger partial charge on any atom is -0.476 e. The van der Waals surface area contributed by atoms with Crippen molar-refractivity contribution in [2.75, 3.05) is 5.73 Å². The number of aryl methyl sites for hydroxylation is 1. The molecule has 0 atom stereocenters. The number of aromatic carboxylic acids is 1. The molecule has 0 spiro atoms. The van der Waals surface area contributed by atoms with E-state index in [1.54, 1.807) is 0 Å². The predicted molar refractivity (Wildman–Crippen MR) is 44.5 cm³/mol. The van der Waals surface area contributed by atoms with Gasteiger partial charge in [-0.05, 0) is 0 Å². The number of nitrogen functional groups attached to an aromatic ring is 1. The van der Waals surface area contributed by atoms with E-state index in [1.807, 2.05) is 0 Å². The summed E-state index contributed by atoms with van der Waals surface area (Å²) in [5.41, 5.74) is 0.996. The van der Waals surface area contributed by atoms with Crippen molar-refractivity contribution in [3.63, 3.8) is 0 Å². The highest BCUT2D eigenvalue weighted by molar-refractivity contribution is 5.92. The number of aromatic nitrogens is 2. The van der Waals surface area contributed by atoms with Gasteiger partial charge in [-0.1, -0.05) is 0 Å². The molecule has 0 amide bonds. The summed E-state index contributed by atoms with van der Waals surface area (Å²) in [5, 5.41) is 11.4. The standard InChI is InChI=1S/C7H6F5N3O2/c1-15-3(5(16)17)2(13)4(14-15)6(8,9)7(10,11)12/h13H2,1H3,(H,16,17). The van der Waals surface area contributed by atoms with Crippen LogP contribution in [-0.2, 0) is 13.0 Å². The molecule has 0 bridgehead atoms. The summed E-state index contributed by atoms with van der Waals surface area (Å²) in [7, 11) is 0.899. The number of nitrogens with zero attached hydrogens (tertiary/aromatic N) is 2. The van der Waals surface area contributed by atoms with Gasteiger partial charge in [-0.3, -0.25) is 4.68 Å². The third-order valence-corrected chi connectivity index (χ3v) is 1.94. The van der Waals surface area contributed by atoms with E-state index in [0.29, 0.717) is 4.68 Å². The van der Waals surface area contributed by atoms with E-state index in [9.17, 15) is 26.7 Å². The third-order valence-electron chi connectivity index (χ3n) is 1.94. The van der Waals surface area contributed by atoms with Crippen molar-refractivity contribution in [2.24, 2.45) is 7.05 Å². The molecule has 3 N–H and O–H groups in total. The smallest absolute Gasteiger partial charge is 0.459 e. The lowest BCUT2D eigenvalue weighted by Crippen LogP contribution is -2.34. The first-order valence-electron chi connectivity index (χ1n) is 4.01. The summed E-state index contributed by atoms with van der Waals surface area (Å²) in [4.78, 5) is 10.6. The Morgan fingerprint density at radius 2 is 1.82 bits per heavy atom. The minimum atomic E-state index is -5.90. The van der Waals surface area contributed by atoms with Crippen molar-refractivity contribution >= 4 is 11.7 Å². The first kappa shape index (κ1) is 13.2. The van der Waals surface area contributed by atoms with Crippen LogP contribution in [0.1, 0.15) is 16.2 Å². The van der Waals surface area contributed by atoms with Crippen LogP contribution in [0.4, 0.5) is 27.6 Å². The maximum atomic E-state index is 12.9. The van der Waals surface area contributed by atoms with Gasteiger partial charge in [0.1, 0.15) is 0 Å². The number of hydrogen-bond acceptors (Lipinski definition) is 3. The molecule has 1 heterocycles. The van der Waals surface area contributed by atoms with Crippen molar-refractivity contribution in [2.45, 2.75) is 12.1 Å². The average molecular weight is 259 g/mol. The number of alkyl halides is 5. The molecule has 1 aromatic rings. The Kier molecular flexibility index (Phi) is 2.77. The van der Waals surface area contributed by atoms with Crippen LogP contribution < -0.4 is 5.73 Å². The van der Waals surface area contributed by atoms with Gasteiger partial charge in [0.25, 0.3) is 0 Å². The molecule has 0 fully saturated rings. The lowest BCUT2D eigenvalue weighted by Gasteiger charge is -2.17. The molecule has 0 saturated heterocycles. The van der Waals surface area contributed by atoms with Gasteiger partial charge in [0.15, 0.2) is 11.4 Å². The predicted octanol–water partition coefficient (Wildman–Crippen LogP) is 1.35. The number of carboxylic acid groups (broad SMARTS) is 1. The van der Waals surface area contributed by atoms with E-state index in [-0.39, 0.29) is 0 Å². The van der Waals surface area contributed by atoms with Crippen LogP contribution in [-0.4, -0.2) is 27.0 Å². The van der Waals surface area contributed by atoms with E-state index in [0.717, 1.165) is 7.05 Å². The van der Waals surface area contributed by atoms with Gasteiger partial charge < -0.3 is 10.8 Å². The second-order valence-corrected chi connectivity index (χ2v) is 3.11. The highest BCUT2D eigenvalue weighted by Gasteiger charge is 2.62. The monoisotopic (exact) mass is 259 g/mol. The van der Waals surface area contributed by atoms with E-state index >= 15 is 0 Å². The van der Waals surface area contributed by atoms with Crippen molar-refractivity contribution in [3.05, 3.63) is 11.4 Å². The Bertz CT molecular complexity index is 465. The zero-order valence-corrected chi connectivity index (χ0v) is 8.22. The van der Waals surface area contributed by atoms with Crippen LogP contribution in [0, 0.1) is 0 Å². The van der Waals surface area contributed by atoms with Crippen LogP contribution in [0.15, 0.2) is 0 Å².